The SMILES string of the molecule is CC(=O)N(CCC(=O)N(Cc1ccccc1)C(C)C)c1ccc(C(C)C)cc1. The van der Waals surface area contributed by atoms with E-state index >= 15 is 0 Å². The van der Waals surface area contributed by atoms with Crippen LogP contribution < -0.4 is 4.90 Å². The van der Waals surface area contributed by atoms with Gasteiger partial charge in [-0.2, -0.15) is 0 Å². The molecule has 150 valence electrons. The summed E-state index contributed by atoms with van der Waals surface area (Å²) in [6.07, 6.45) is 0.302. The fourth-order valence-electron chi connectivity index (χ4n) is 3.20. The highest BCUT2D eigenvalue weighted by atomic mass is 16.2. The summed E-state index contributed by atoms with van der Waals surface area (Å²) >= 11 is 0. The Hall–Kier alpha value is -2.62. The Labute approximate surface area is 169 Å². The smallest absolute Gasteiger partial charge is 0.224 e. The molecule has 0 aliphatic heterocycles. The molecule has 2 amide bonds. The van der Waals surface area contributed by atoms with E-state index in [-0.39, 0.29) is 17.9 Å². The van der Waals surface area contributed by atoms with Crippen molar-refractivity contribution in [1.29, 1.82) is 0 Å². The lowest BCUT2D eigenvalue weighted by Gasteiger charge is -2.28. The van der Waals surface area contributed by atoms with Gasteiger partial charge in [0.1, 0.15) is 0 Å². The Kier molecular flexibility index (Phi) is 7.80. The molecule has 28 heavy (non-hydrogen) atoms. The molecule has 0 spiro atoms. The maximum absolute atomic E-state index is 12.9. The lowest BCUT2D eigenvalue weighted by molar-refractivity contribution is -0.133. The molecule has 0 bridgehead atoms. The van der Waals surface area contributed by atoms with Gasteiger partial charge in [-0.15, -0.1) is 0 Å². The van der Waals surface area contributed by atoms with Gasteiger partial charge in [0.25, 0.3) is 0 Å². The van der Waals surface area contributed by atoms with Crippen LogP contribution in [-0.2, 0) is 16.1 Å². The van der Waals surface area contributed by atoms with E-state index in [2.05, 4.69) is 13.8 Å². The Morgan fingerprint density at radius 1 is 0.893 bits per heavy atom. The van der Waals surface area contributed by atoms with Gasteiger partial charge in [-0.1, -0.05) is 56.3 Å². The third-order valence-electron chi connectivity index (χ3n) is 4.94. The first-order valence-corrected chi connectivity index (χ1v) is 10.0. The molecule has 0 saturated heterocycles. The number of amides is 2. The van der Waals surface area contributed by atoms with Gasteiger partial charge in [0.2, 0.25) is 11.8 Å². The van der Waals surface area contributed by atoms with Gasteiger partial charge < -0.3 is 9.80 Å². The van der Waals surface area contributed by atoms with E-state index in [9.17, 15) is 9.59 Å². The topological polar surface area (TPSA) is 40.6 Å². The maximum atomic E-state index is 12.9. The maximum Gasteiger partial charge on any atom is 0.224 e. The van der Waals surface area contributed by atoms with Crippen LogP contribution in [0, 0.1) is 0 Å². The minimum atomic E-state index is -0.0516. The number of nitrogens with zero attached hydrogens (tertiary/aromatic N) is 2. The third-order valence-corrected chi connectivity index (χ3v) is 4.94. The molecule has 2 rings (SSSR count). The van der Waals surface area contributed by atoms with Crippen molar-refractivity contribution in [2.24, 2.45) is 0 Å². The number of benzene rings is 2. The molecule has 0 heterocycles. The van der Waals surface area contributed by atoms with Crippen molar-refractivity contribution in [2.45, 2.75) is 59.5 Å². The van der Waals surface area contributed by atoms with Crippen molar-refractivity contribution in [3.63, 3.8) is 0 Å². The van der Waals surface area contributed by atoms with E-state index in [0.717, 1.165) is 11.3 Å². The Bertz CT molecular complexity index is 767. The molecule has 4 nitrogen and oxygen atoms in total. The van der Waals surface area contributed by atoms with Gasteiger partial charge in [0.15, 0.2) is 0 Å². The van der Waals surface area contributed by atoms with E-state index < -0.39 is 0 Å². The monoisotopic (exact) mass is 380 g/mol. The summed E-state index contributed by atoms with van der Waals surface area (Å²) in [5.74, 6) is 0.451. The average molecular weight is 381 g/mol. The van der Waals surface area contributed by atoms with Crippen LogP contribution in [0.5, 0.6) is 0 Å². The number of hydrogen-bond acceptors (Lipinski definition) is 2. The minimum Gasteiger partial charge on any atom is -0.336 e. The van der Waals surface area contributed by atoms with Crippen molar-refractivity contribution < 1.29 is 9.59 Å². The average Bonchev–Trinajstić information content (AvgIpc) is 2.66. The van der Waals surface area contributed by atoms with Gasteiger partial charge >= 0.3 is 0 Å². The normalized spacial score (nSPS) is 11.0. The summed E-state index contributed by atoms with van der Waals surface area (Å²) in [6, 6.07) is 18.1. The zero-order chi connectivity index (χ0) is 20.7. The van der Waals surface area contributed by atoms with Gasteiger partial charge in [0, 0.05) is 38.2 Å². The summed E-state index contributed by atoms with van der Waals surface area (Å²) < 4.78 is 0. The van der Waals surface area contributed by atoms with E-state index in [1.807, 2.05) is 73.3 Å². The van der Waals surface area contributed by atoms with Crippen molar-refractivity contribution in [1.82, 2.24) is 4.90 Å². The van der Waals surface area contributed by atoms with Gasteiger partial charge in [-0.25, -0.2) is 0 Å². The Balaban J connectivity index is 2.06. The Morgan fingerprint density at radius 2 is 1.50 bits per heavy atom. The van der Waals surface area contributed by atoms with E-state index in [4.69, 9.17) is 0 Å². The highest BCUT2D eigenvalue weighted by molar-refractivity contribution is 5.92. The van der Waals surface area contributed by atoms with Crippen molar-refractivity contribution in [3.05, 3.63) is 65.7 Å². The quantitative estimate of drug-likeness (QED) is 0.647. The van der Waals surface area contributed by atoms with E-state index in [1.165, 1.54) is 5.56 Å². The second kappa shape index (κ2) is 10.1. The molecule has 2 aromatic carbocycles. The van der Waals surface area contributed by atoms with Crippen LogP contribution >= 0.6 is 0 Å². The highest BCUT2D eigenvalue weighted by Gasteiger charge is 2.20. The predicted octanol–water partition coefficient (Wildman–Crippen LogP) is 4.99. The van der Waals surface area contributed by atoms with Crippen molar-refractivity contribution >= 4 is 17.5 Å². The largest absolute Gasteiger partial charge is 0.336 e. The van der Waals surface area contributed by atoms with Gasteiger partial charge in [0.05, 0.1) is 0 Å². The standard InChI is InChI=1S/C24H32N2O2/c1-18(2)22-11-13-23(14-12-22)25(20(5)27)16-15-24(28)26(19(3)4)17-21-9-7-6-8-10-21/h6-14,18-19H,15-17H2,1-5H3. The van der Waals surface area contributed by atoms with Crippen LogP contribution in [0.4, 0.5) is 5.69 Å². The molecule has 0 aliphatic rings. The van der Waals surface area contributed by atoms with Crippen molar-refractivity contribution in [2.75, 3.05) is 11.4 Å². The summed E-state index contributed by atoms with van der Waals surface area (Å²) in [4.78, 5) is 28.6. The molecule has 0 fully saturated rings. The molecule has 0 saturated carbocycles. The molecule has 0 aliphatic carbocycles. The summed E-state index contributed by atoms with van der Waals surface area (Å²) in [7, 11) is 0. The number of carbonyl (C=O) groups is 2. The van der Waals surface area contributed by atoms with E-state index in [0.29, 0.717) is 25.4 Å². The molecule has 0 aromatic heterocycles. The van der Waals surface area contributed by atoms with Gasteiger partial charge in [-0.3, -0.25) is 9.59 Å². The molecule has 0 unspecified atom stereocenters. The second-order valence-corrected chi connectivity index (χ2v) is 7.77. The summed E-state index contributed by atoms with van der Waals surface area (Å²) in [5, 5.41) is 0. The number of anilines is 1. The fraction of sp³-hybridized carbons (Fsp3) is 0.417. The van der Waals surface area contributed by atoms with Crippen molar-refractivity contribution in [3.8, 4) is 0 Å². The van der Waals surface area contributed by atoms with Gasteiger partial charge in [-0.05, 0) is 43.0 Å². The zero-order valence-corrected chi connectivity index (χ0v) is 17.7. The molecular formula is C24H32N2O2. The second-order valence-electron chi connectivity index (χ2n) is 7.77. The molecular weight excluding hydrogens is 348 g/mol. The van der Waals surface area contributed by atoms with Crippen LogP contribution in [0.2, 0.25) is 0 Å². The fourth-order valence-corrected chi connectivity index (χ4v) is 3.20. The first-order chi connectivity index (χ1) is 13.3. The lowest BCUT2D eigenvalue weighted by atomic mass is 10.0. The molecule has 0 N–H and O–H groups in total. The highest BCUT2D eigenvalue weighted by Crippen LogP contribution is 2.21. The number of rotatable bonds is 8. The first-order valence-electron chi connectivity index (χ1n) is 10.0. The van der Waals surface area contributed by atoms with E-state index in [1.54, 1.807) is 11.8 Å². The van der Waals surface area contributed by atoms with Crippen LogP contribution in [0.1, 0.15) is 58.1 Å². The van der Waals surface area contributed by atoms with Crippen LogP contribution in [-0.4, -0.2) is 29.3 Å². The number of hydrogen-bond donors (Lipinski definition) is 0. The third kappa shape index (κ3) is 5.95. The van der Waals surface area contributed by atoms with Crippen LogP contribution in [0.15, 0.2) is 54.6 Å². The Morgan fingerprint density at radius 3 is 2.00 bits per heavy atom. The van der Waals surface area contributed by atoms with Crippen LogP contribution in [0.3, 0.4) is 0 Å². The summed E-state index contributed by atoms with van der Waals surface area (Å²) in [6.45, 7) is 10.8. The molecule has 0 atom stereocenters. The predicted molar refractivity (Wildman–Crippen MR) is 115 cm³/mol. The summed E-state index contributed by atoms with van der Waals surface area (Å²) in [5.41, 5.74) is 3.18. The lowest BCUT2D eigenvalue weighted by Crippen LogP contribution is -2.39. The molecule has 4 heteroatoms. The zero-order valence-electron chi connectivity index (χ0n) is 17.7. The molecule has 0 radical (unpaired) electrons. The first kappa shape index (κ1) is 21.7. The van der Waals surface area contributed by atoms with Crippen LogP contribution in [0.25, 0.3) is 0 Å². The molecule has 2 aromatic rings. The number of carbonyl (C=O) groups excluding carboxylic acids is 2. The minimum absolute atomic E-state index is 0.0516.